The van der Waals surface area contributed by atoms with Gasteiger partial charge in [0.2, 0.25) is 0 Å². The van der Waals surface area contributed by atoms with Crippen molar-refractivity contribution < 1.29 is 9.47 Å². The van der Waals surface area contributed by atoms with E-state index in [-0.39, 0.29) is 0 Å². The molecule has 0 aliphatic carbocycles. The summed E-state index contributed by atoms with van der Waals surface area (Å²) < 4.78 is 10.4. The molecule has 2 aromatic carbocycles. The zero-order valence-electron chi connectivity index (χ0n) is 13.0. The quantitative estimate of drug-likeness (QED) is 0.593. The molecule has 0 aromatic heterocycles. The molecule has 22 heavy (non-hydrogen) atoms. The van der Waals surface area contributed by atoms with E-state index in [4.69, 9.17) is 9.47 Å². The summed E-state index contributed by atoms with van der Waals surface area (Å²) in [6.07, 6.45) is 1.01. The van der Waals surface area contributed by atoms with Crippen molar-refractivity contribution in [3.05, 3.63) is 58.8 Å². The molecule has 0 radical (unpaired) electrons. The Hall–Kier alpha value is -1.52. The van der Waals surface area contributed by atoms with Crippen molar-refractivity contribution in [1.29, 1.82) is 0 Å². The number of hydrogen-bond donors (Lipinski definition) is 0. The van der Waals surface area contributed by atoms with E-state index < -0.39 is 0 Å². The largest absolute Gasteiger partial charge is 0.497 e. The Balaban J connectivity index is 1.99. The van der Waals surface area contributed by atoms with Crippen LogP contribution in [-0.2, 0) is 0 Å². The number of hydrogen-bond acceptors (Lipinski definition) is 4. The summed E-state index contributed by atoms with van der Waals surface area (Å²) in [5.41, 5.74) is 0. The summed E-state index contributed by atoms with van der Waals surface area (Å²) in [6.45, 7) is 2.18. The maximum atomic E-state index is 5.19. The molecule has 0 unspecified atom stereocenters. The average Bonchev–Trinajstić information content (AvgIpc) is 2.59. The van der Waals surface area contributed by atoms with Crippen molar-refractivity contribution in [3.8, 4) is 11.5 Å². The highest BCUT2D eigenvalue weighted by molar-refractivity contribution is 8.06. The predicted molar refractivity (Wildman–Crippen MR) is 96.1 cm³/mol. The third-order valence-electron chi connectivity index (χ3n) is 3.04. The van der Waals surface area contributed by atoms with Crippen LogP contribution in [0.3, 0.4) is 0 Å². The summed E-state index contributed by atoms with van der Waals surface area (Å²) in [6, 6.07) is 16.3. The van der Waals surface area contributed by atoms with Gasteiger partial charge in [-0.2, -0.15) is 0 Å². The summed E-state index contributed by atoms with van der Waals surface area (Å²) >= 11 is 3.53. The second-order valence-electron chi connectivity index (χ2n) is 4.51. The molecule has 4 heteroatoms. The number of thioether (sulfide) groups is 2. The fraction of sp³-hybridized carbons (Fsp3) is 0.222. The minimum absolute atomic E-state index is 0.886. The molecule has 0 aliphatic heterocycles. The fourth-order valence-electron chi connectivity index (χ4n) is 1.76. The lowest BCUT2D eigenvalue weighted by molar-refractivity contribution is 0.414. The Morgan fingerprint density at radius 2 is 1.36 bits per heavy atom. The first-order chi connectivity index (χ1) is 10.7. The van der Waals surface area contributed by atoms with E-state index in [1.165, 1.54) is 14.7 Å². The van der Waals surface area contributed by atoms with E-state index in [0.717, 1.165) is 17.9 Å². The lowest BCUT2D eigenvalue weighted by atomic mass is 10.3. The van der Waals surface area contributed by atoms with E-state index >= 15 is 0 Å². The Kier molecular flexibility index (Phi) is 6.74. The third-order valence-corrected chi connectivity index (χ3v) is 5.32. The molecule has 0 saturated carbocycles. The van der Waals surface area contributed by atoms with E-state index in [9.17, 15) is 0 Å². The van der Waals surface area contributed by atoms with Gasteiger partial charge in [-0.1, -0.05) is 30.4 Å². The summed E-state index contributed by atoms with van der Waals surface area (Å²) in [5.74, 6) is 1.77. The van der Waals surface area contributed by atoms with Crippen LogP contribution in [0, 0.1) is 0 Å². The highest BCUT2D eigenvalue weighted by Gasteiger charge is 2.01. The SMILES string of the molecule is CCC(=CSc1ccc(OC)cc1)Sc1ccc(OC)cc1. The van der Waals surface area contributed by atoms with Gasteiger partial charge in [-0.3, -0.25) is 0 Å². The predicted octanol–water partition coefficient (Wildman–Crippen LogP) is 5.84. The summed E-state index contributed by atoms with van der Waals surface area (Å²) in [4.78, 5) is 3.78. The van der Waals surface area contributed by atoms with Crippen LogP contribution in [0.25, 0.3) is 0 Å². The second kappa shape index (κ2) is 8.81. The first-order valence-electron chi connectivity index (χ1n) is 7.06. The molecule has 2 nitrogen and oxygen atoms in total. The van der Waals surface area contributed by atoms with Crippen LogP contribution >= 0.6 is 23.5 Å². The van der Waals surface area contributed by atoms with Gasteiger partial charge in [-0.15, -0.1) is 0 Å². The van der Waals surface area contributed by atoms with Gasteiger partial charge in [-0.25, -0.2) is 0 Å². The van der Waals surface area contributed by atoms with Gasteiger partial charge in [0.05, 0.1) is 14.2 Å². The minimum Gasteiger partial charge on any atom is -0.497 e. The first kappa shape index (κ1) is 16.8. The van der Waals surface area contributed by atoms with Crippen LogP contribution in [0.15, 0.2) is 68.6 Å². The van der Waals surface area contributed by atoms with Crippen molar-refractivity contribution in [2.75, 3.05) is 14.2 Å². The van der Waals surface area contributed by atoms with Crippen molar-refractivity contribution in [3.63, 3.8) is 0 Å². The molecular formula is C18H20O2S2. The lowest BCUT2D eigenvalue weighted by Gasteiger charge is -2.06. The number of ether oxygens (including phenoxy) is 2. The van der Waals surface area contributed by atoms with Crippen LogP contribution in [0.2, 0.25) is 0 Å². The van der Waals surface area contributed by atoms with Crippen LogP contribution in [0.1, 0.15) is 13.3 Å². The molecule has 0 atom stereocenters. The van der Waals surface area contributed by atoms with E-state index in [1.54, 1.807) is 37.7 Å². The lowest BCUT2D eigenvalue weighted by Crippen LogP contribution is -1.82. The molecule has 0 N–H and O–H groups in total. The second-order valence-corrected chi connectivity index (χ2v) is 6.65. The van der Waals surface area contributed by atoms with E-state index in [1.807, 2.05) is 24.3 Å². The Labute approximate surface area is 140 Å². The molecule has 2 aromatic rings. The van der Waals surface area contributed by atoms with Gasteiger partial charge >= 0.3 is 0 Å². The first-order valence-corrected chi connectivity index (χ1v) is 8.76. The van der Waals surface area contributed by atoms with Crippen LogP contribution in [0.4, 0.5) is 0 Å². The third kappa shape index (κ3) is 5.04. The van der Waals surface area contributed by atoms with Crippen molar-refractivity contribution in [2.45, 2.75) is 23.1 Å². The zero-order valence-corrected chi connectivity index (χ0v) is 14.7. The maximum Gasteiger partial charge on any atom is 0.118 e. The van der Waals surface area contributed by atoms with E-state index in [0.29, 0.717) is 0 Å². The molecule has 0 spiro atoms. The monoisotopic (exact) mass is 332 g/mol. The average molecular weight is 332 g/mol. The number of allylic oxidation sites excluding steroid dienone is 1. The normalized spacial score (nSPS) is 11.3. The number of benzene rings is 2. The van der Waals surface area contributed by atoms with Gasteiger partial charge < -0.3 is 9.47 Å². The zero-order chi connectivity index (χ0) is 15.8. The molecule has 0 heterocycles. The Morgan fingerprint density at radius 1 is 0.864 bits per heavy atom. The van der Waals surface area contributed by atoms with Crippen molar-refractivity contribution in [2.24, 2.45) is 0 Å². The Bertz CT molecular complexity index is 604. The fourth-order valence-corrected chi connectivity index (χ4v) is 3.55. The van der Waals surface area contributed by atoms with Crippen molar-refractivity contribution in [1.82, 2.24) is 0 Å². The molecule has 2 rings (SSSR count). The molecule has 0 amide bonds. The highest BCUT2D eigenvalue weighted by Crippen LogP contribution is 2.33. The van der Waals surface area contributed by atoms with Crippen LogP contribution in [0.5, 0.6) is 11.5 Å². The number of rotatable bonds is 7. The van der Waals surface area contributed by atoms with Crippen LogP contribution < -0.4 is 9.47 Å². The summed E-state index contributed by atoms with van der Waals surface area (Å²) in [7, 11) is 3.37. The Morgan fingerprint density at radius 3 is 1.82 bits per heavy atom. The molecule has 116 valence electrons. The topological polar surface area (TPSA) is 18.5 Å². The van der Waals surface area contributed by atoms with Crippen molar-refractivity contribution >= 4 is 23.5 Å². The van der Waals surface area contributed by atoms with E-state index in [2.05, 4.69) is 36.6 Å². The summed E-state index contributed by atoms with van der Waals surface area (Å²) in [5, 5.41) is 2.22. The molecule has 0 bridgehead atoms. The highest BCUT2D eigenvalue weighted by atomic mass is 32.2. The molecule has 0 aliphatic rings. The smallest absolute Gasteiger partial charge is 0.118 e. The molecule has 0 saturated heterocycles. The van der Waals surface area contributed by atoms with Crippen LogP contribution in [-0.4, -0.2) is 14.2 Å². The molecular weight excluding hydrogens is 312 g/mol. The van der Waals surface area contributed by atoms with Gasteiger partial charge in [0, 0.05) is 9.79 Å². The number of methoxy groups -OCH3 is 2. The maximum absolute atomic E-state index is 5.19. The van der Waals surface area contributed by atoms with Gasteiger partial charge in [0.15, 0.2) is 0 Å². The van der Waals surface area contributed by atoms with Gasteiger partial charge in [-0.05, 0) is 65.3 Å². The standard InChI is InChI=1S/C18H20O2S2/c1-4-16(22-18-11-7-15(20-3)8-12-18)13-21-17-9-5-14(19-2)6-10-17/h5-13H,4H2,1-3H3. The minimum atomic E-state index is 0.886. The molecule has 0 fully saturated rings. The van der Waals surface area contributed by atoms with Gasteiger partial charge in [0.25, 0.3) is 0 Å². The van der Waals surface area contributed by atoms with Gasteiger partial charge in [0.1, 0.15) is 11.5 Å².